The summed E-state index contributed by atoms with van der Waals surface area (Å²) in [5.41, 5.74) is 4.65. The predicted octanol–water partition coefficient (Wildman–Crippen LogP) is -1.99. The lowest BCUT2D eigenvalue weighted by Crippen LogP contribution is -2.36. The molecule has 9 nitrogen and oxygen atoms in total. The number of aliphatic hydroxyl groups excluding tert-OH is 2. The van der Waals surface area contributed by atoms with Crippen molar-refractivity contribution in [3.05, 3.63) is 22.7 Å². The molecule has 110 valence electrons. The van der Waals surface area contributed by atoms with Gasteiger partial charge in [-0.25, -0.2) is 4.79 Å². The van der Waals surface area contributed by atoms with Crippen LogP contribution >= 0.6 is 0 Å². The first-order valence-corrected chi connectivity index (χ1v) is 5.89. The minimum Gasteiger partial charge on any atom is -0.463 e. The third-order valence-electron chi connectivity index (χ3n) is 2.91. The number of hydrogen-bond acceptors (Lipinski definition) is 8. The van der Waals surface area contributed by atoms with Gasteiger partial charge in [0.05, 0.1) is 0 Å². The summed E-state index contributed by atoms with van der Waals surface area (Å²) < 4.78 is 11.1. The number of nitrogen functional groups attached to an aromatic ring is 1. The van der Waals surface area contributed by atoms with Crippen LogP contribution < -0.4 is 11.4 Å². The zero-order valence-electron chi connectivity index (χ0n) is 10.7. The number of nitrogens with zero attached hydrogens (tertiary/aromatic N) is 2. The van der Waals surface area contributed by atoms with E-state index in [9.17, 15) is 19.8 Å². The molecule has 1 aliphatic heterocycles. The van der Waals surface area contributed by atoms with E-state index in [1.54, 1.807) is 0 Å². The van der Waals surface area contributed by atoms with Gasteiger partial charge >= 0.3 is 11.7 Å². The van der Waals surface area contributed by atoms with Crippen LogP contribution in [-0.2, 0) is 14.3 Å². The number of carbonyl (C=O) groups excluding carboxylic acids is 1. The van der Waals surface area contributed by atoms with Crippen LogP contribution in [-0.4, -0.2) is 50.7 Å². The summed E-state index contributed by atoms with van der Waals surface area (Å²) in [6, 6.07) is 1.36. The van der Waals surface area contributed by atoms with Gasteiger partial charge in [0, 0.05) is 13.1 Å². The van der Waals surface area contributed by atoms with E-state index < -0.39 is 36.2 Å². The van der Waals surface area contributed by atoms with Crippen LogP contribution in [0.3, 0.4) is 0 Å². The zero-order chi connectivity index (χ0) is 14.9. The molecule has 1 aromatic rings. The Hall–Kier alpha value is -1.97. The molecule has 0 radical (unpaired) electrons. The van der Waals surface area contributed by atoms with Gasteiger partial charge in [-0.05, 0) is 6.07 Å². The Morgan fingerprint density at radius 1 is 1.55 bits per heavy atom. The van der Waals surface area contributed by atoms with Crippen molar-refractivity contribution in [3.8, 4) is 0 Å². The first kappa shape index (κ1) is 14.4. The minimum atomic E-state index is -1.35. The van der Waals surface area contributed by atoms with Crippen LogP contribution in [0.1, 0.15) is 13.2 Å². The van der Waals surface area contributed by atoms with Crippen LogP contribution in [0.15, 0.2) is 17.1 Å². The highest BCUT2D eigenvalue weighted by atomic mass is 16.6. The standard InChI is InChI=1S/C11H15N3O6/c1-5(15)19-4-6-8(16)9(17)10(20-6)14-3-2-7(12)13-11(14)18/h2-3,6,8-10,16-17H,4H2,1H3,(H2,12,13,18)/t6-,8-,9-,10-/m1/s1. The number of aliphatic hydroxyl groups is 2. The molecule has 4 atom stereocenters. The van der Waals surface area contributed by atoms with Gasteiger partial charge in [0.1, 0.15) is 30.7 Å². The normalized spacial score (nSPS) is 29.4. The van der Waals surface area contributed by atoms with Gasteiger partial charge in [-0.2, -0.15) is 4.98 Å². The number of aromatic nitrogens is 2. The highest BCUT2D eigenvalue weighted by Gasteiger charge is 2.44. The quantitative estimate of drug-likeness (QED) is 0.543. The van der Waals surface area contributed by atoms with E-state index in [-0.39, 0.29) is 12.4 Å². The molecule has 1 saturated heterocycles. The molecule has 2 rings (SSSR count). The number of esters is 1. The molecule has 0 amide bonds. The fourth-order valence-corrected chi connectivity index (χ4v) is 1.92. The molecular formula is C11H15N3O6. The van der Waals surface area contributed by atoms with Crippen molar-refractivity contribution in [1.82, 2.24) is 9.55 Å². The molecule has 0 saturated carbocycles. The summed E-state index contributed by atoms with van der Waals surface area (Å²) in [5, 5.41) is 19.7. The highest BCUT2D eigenvalue weighted by Crippen LogP contribution is 2.28. The van der Waals surface area contributed by atoms with Crippen molar-refractivity contribution in [2.75, 3.05) is 12.3 Å². The Labute approximate surface area is 113 Å². The maximum absolute atomic E-state index is 11.7. The molecule has 0 unspecified atom stereocenters. The maximum atomic E-state index is 11.7. The van der Waals surface area contributed by atoms with Gasteiger partial charge < -0.3 is 25.4 Å². The molecule has 0 bridgehead atoms. The molecular weight excluding hydrogens is 270 g/mol. The van der Waals surface area contributed by atoms with E-state index in [1.807, 2.05) is 0 Å². The Kier molecular flexibility index (Phi) is 4.02. The van der Waals surface area contributed by atoms with Crippen LogP contribution in [0.2, 0.25) is 0 Å². The monoisotopic (exact) mass is 285 g/mol. The van der Waals surface area contributed by atoms with Gasteiger partial charge in [-0.3, -0.25) is 9.36 Å². The molecule has 1 aliphatic rings. The molecule has 1 fully saturated rings. The van der Waals surface area contributed by atoms with Crippen LogP contribution in [0.25, 0.3) is 0 Å². The van der Waals surface area contributed by atoms with Gasteiger partial charge in [0.15, 0.2) is 6.23 Å². The van der Waals surface area contributed by atoms with E-state index in [0.717, 1.165) is 4.57 Å². The van der Waals surface area contributed by atoms with E-state index in [2.05, 4.69) is 4.98 Å². The summed E-state index contributed by atoms with van der Waals surface area (Å²) in [6.07, 6.45) is -3.38. The zero-order valence-corrected chi connectivity index (χ0v) is 10.7. The fourth-order valence-electron chi connectivity index (χ4n) is 1.92. The lowest BCUT2D eigenvalue weighted by molar-refractivity contribution is -0.147. The number of nitrogens with two attached hydrogens (primary N) is 1. The Bertz CT molecular complexity index is 559. The Morgan fingerprint density at radius 2 is 2.25 bits per heavy atom. The Balaban J connectivity index is 2.17. The second-order valence-electron chi connectivity index (χ2n) is 4.39. The predicted molar refractivity (Wildman–Crippen MR) is 65.5 cm³/mol. The van der Waals surface area contributed by atoms with Gasteiger partial charge in [0.25, 0.3) is 0 Å². The van der Waals surface area contributed by atoms with Crippen LogP contribution in [0.5, 0.6) is 0 Å². The smallest absolute Gasteiger partial charge is 0.351 e. The topological polar surface area (TPSA) is 137 Å². The number of rotatable bonds is 3. The molecule has 2 heterocycles. The number of anilines is 1. The van der Waals surface area contributed by atoms with Gasteiger partial charge in [0.2, 0.25) is 0 Å². The second kappa shape index (κ2) is 5.57. The molecule has 0 aliphatic carbocycles. The number of ether oxygens (including phenoxy) is 2. The van der Waals surface area contributed by atoms with E-state index in [0.29, 0.717) is 0 Å². The highest BCUT2D eigenvalue weighted by molar-refractivity contribution is 5.65. The van der Waals surface area contributed by atoms with Crippen molar-refractivity contribution in [1.29, 1.82) is 0 Å². The molecule has 9 heteroatoms. The van der Waals surface area contributed by atoms with Crippen molar-refractivity contribution < 1.29 is 24.5 Å². The van der Waals surface area contributed by atoms with Crippen LogP contribution in [0.4, 0.5) is 5.82 Å². The van der Waals surface area contributed by atoms with Gasteiger partial charge in [-0.1, -0.05) is 0 Å². The van der Waals surface area contributed by atoms with Gasteiger partial charge in [-0.15, -0.1) is 0 Å². The third kappa shape index (κ3) is 2.79. The minimum absolute atomic E-state index is 0.0377. The largest absolute Gasteiger partial charge is 0.463 e. The van der Waals surface area contributed by atoms with Crippen molar-refractivity contribution in [2.45, 2.75) is 31.5 Å². The lowest BCUT2D eigenvalue weighted by atomic mass is 10.1. The lowest BCUT2D eigenvalue weighted by Gasteiger charge is -2.16. The maximum Gasteiger partial charge on any atom is 0.351 e. The molecule has 0 aromatic carbocycles. The van der Waals surface area contributed by atoms with Crippen molar-refractivity contribution in [2.24, 2.45) is 0 Å². The summed E-state index contributed by atoms with van der Waals surface area (Å²) in [7, 11) is 0. The first-order chi connectivity index (χ1) is 9.40. The van der Waals surface area contributed by atoms with Crippen molar-refractivity contribution in [3.63, 3.8) is 0 Å². The first-order valence-electron chi connectivity index (χ1n) is 5.89. The average molecular weight is 285 g/mol. The SMILES string of the molecule is CC(=O)OC[C@H]1O[C@@H](n2ccc(N)nc2=O)[C@H](O)[C@@H]1O. The summed E-state index contributed by atoms with van der Waals surface area (Å²) in [5.74, 6) is -0.499. The number of hydrogen-bond donors (Lipinski definition) is 3. The third-order valence-corrected chi connectivity index (χ3v) is 2.91. The summed E-state index contributed by atoms with van der Waals surface area (Å²) in [6.45, 7) is 0.991. The molecule has 1 aromatic heterocycles. The number of carbonyl (C=O) groups is 1. The van der Waals surface area contributed by atoms with Crippen molar-refractivity contribution >= 4 is 11.8 Å². The molecule has 0 spiro atoms. The molecule has 4 N–H and O–H groups in total. The van der Waals surface area contributed by atoms with E-state index in [1.165, 1.54) is 19.2 Å². The van der Waals surface area contributed by atoms with Crippen LogP contribution in [0, 0.1) is 0 Å². The second-order valence-corrected chi connectivity index (χ2v) is 4.39. The Morgan fingerprint density at radius 3 is 2.85 bits per heavy atom. The molecule has 20 heavy (non-hydrogen) atoms. The van der Waals surface area contributed by atoms with E-state index >= 15 is 0 Å². The summed E-state index contributed by atoms with van der Waals surface area (Å²) >= 11 is 0. The van der Waals surface area contributed by atoms with E-state index in [4.69, 9.17) is 15.2 Å². The summed E-state index contributed by atoms with van der Waals surface area (Å²) in [4.78, 5) is 25.9. The average Bonchev–Trinajstić information content (AvgIpc) is 2.64. The fraction of sp³-hybridized carbons (Fsp3) is 0.545.